The second-order valence-corrected chi connectivity index (χ2v) is 11.6. The number of carbonyl (C=O) groups excluding carboxylic acids is 1. The zero-order chi connectivity index (χ0) is 28.1. The number of hydrogen-bond donors (Lipinski definition) is 2. The van der Waals surface area contributed by atoms with Crippen molar-refractivity contribution in [2.24, 2.45) is 0 Å². The predicted octanol–water partition coefficient (Wildman–Crippen LogP) is 6.49. The molecule has 39 heavy (non-hydrogen) atoms. The average Bonchev–Trinajstić information content (AvgIpc) is 3.26. The van der Waals surface area contributed by atoms with E-state index in [1.807, 2.05) is 6.92 Å². The van der Waals surface area contributed by atoms with E-state index in [1.165, 1.54) is 46.2 Å². The molecular weight excluding hydrogens is 585 g/mol. The molecule has 0 aliphatic rings. The number of benzene rings is 2. The number of halogens is 2. The summed E-state index contributed by atoms with van der Waals surface area (Å²) in [5.74, 6) is -0.228. The largest absolute Gasteiger partial charge is 0.494 e. The molecule has 0 amide bonds. The van der Waals surface area contributed by atoms with Crippen LogP contribution in [0.3, 0.4) is 0 Å². The van der Waals surface area contributed by atoms with E-state index in [9.17, 15) is 14.0 Å². The summed E-state index contributed by atoms with van der Waals surface area (Å²) in [4.78, 5) is 32.8. The number of carbonyl (C=O) groups is 2. The molecule has 14 heteroatoms. The normalized spacial score (nSPS) is 11.9. The van der Waals surface area contributed by atoms with Gasteiger partial charge in [-0.3, -0.25) is 9.59 Å². The average molecular weight is 608 g/mol. The van der Waals surface area contributed by atoms with Crippen molar-refractivity contribution in [3.8, 4) is 5.75 Å². The first-order valence-electron chi connectivity index (χ1n) is 11.8. The van der Waals surface area contributed by atoms with E-state index in [-0.39, 0.29) is 23.6 Å². The lowest BCUT2D eigenvalue weighted by Gasteiger charge is -2.16. The van der Waals surface area contributed by atoms with Gasteiger partial charge in [-0.2, -0.15) is 5.10 Å². The number of nitrogens with one attached hydrogen (secondary N) is 1. The summed E-state index contributed by atoms with van der Waals surface area (Å²) in [5.41, 5.74) is 1.77. The summed E-state index contributed by atoms with van der Waals surface area (Å²) >= 11 is 13.9. The fourth-order valence-corrected chi connectivity index (χ4v) is 6.30. The Labute approximate surface area is 241 Å². The molecule has 4 aromatic rings. The van der Waals surface area contributed by atoms with Gasteiger partial charge in [0.2, 0.25) is 0 Å². The van der Waals surface area contributed by atoms with Gasteiger partial charge in [0.25, 0.3) is 0 Å². The Morgan fingerprint density at radius 3 is 2.82 bits per heavy atom. The standard InChI is InChI=1S/C25H23ClFN5O4S3/c1-3-36-21-11-19-16(23(29-12-28-19)30-15-4-5-18(27)17(26)10-15)8-14(21)9-20(33)13(2)32-25(37)39-24(31-32)38-7-6-22(34)35/h4-5,8,10-13H,3,6-7,9H2,1-2H3,(H,34,35)(H,28,29,30). The maximum absolute atomic E-state index is 13.6. The third-order valence-corrected chi connectivity index (χ3v) is 8.27. The van der Waals surface area contributed by atoms with Crippen molar-refractivity contribution in [3.05, 3.63) is 57.0 Å². The lowest BCUT2D eigenvalue weighted by Crippen LogP contribution is -2.20. The third kappa shape index (κ3) is 7.10. The zero-order valence-corrected chi connectivity index (χ0v) is 24.0. The molecular formula is C25H23ClFN5O4S3. The summed E-state index contributed by atoms with van der Waals surface area (Å²) in [6.07, 6.45) is 1.43. The van der Waals surface area contributed by atoms with Gasteiger partial charge in [-0.05, 0) is 50.3 Å². The van der Waals surface area contributed by atoms with Gasteiger partial charge < -0.3 is 15.2 Å². The topological polar surface area (TPSA) is 119 Å². The monoisotopic (exact) mass is 607 g/mol. The highest BCUT2D eigenvalue weighted by atomic mass is 35.5. The van der Waals surface area contributed by atoms with Gasteiger partial charge in [-0.15, -0.1) is 0 Å². The van der Waals surface area contributed by atoms with Crippen LogP contribution in [0.5, 0.6) is 5.75 Å². The van der Waals surface area contributed by atoms with Crippen LogP contribution in [0.15, 0.2) is 41.0 Å². The summed E-state index contributed by atoms with van der Waals surface area (Å²) in [6, 6.07) is 7.15. The number of Topliss-reactive ketones (excluding diaryl/α,β-unsaturated/α-hetero) is 1. The van der Waals surface area contributed by atoms with E-state index < -0.39 is 17.8 Å². The number of nitrogens with zero attached hydrogens (tertiary/aromatic N) is 4. The maximum atomic E-state index is 13.6. The molecule has 0 aliphatic carbocycles. The van der Waals surface area contributed by atoms with Gasteiger partial charge in [0, 0.05) is 34.9 Å². The SMILES string of the molecule is CCOc1cc2ncnc(Nc3ccc(F)c(Cl)c3)c2cc1CC(=O)C(C)n1nc(SCCC(=O)O)sc1=S. The Morgan fingerprint density at radius 2 is 2.10 bits per heavy atom. The smallest absolute Gasteiger partial charge is 0.304 e. The molecule has 0 spiro atoms. The predicted molar refractivity (Wildman–Crippen MR) is 153 cm³/mol. The van der Waals surface area contributed by atoms with Gasteiger partial charge in [-0.1, -0.05) is 34.7 Å². The molecule has 2 N–H and O–H groups in total. The molecule has 4 rings (SSSR count). The van der Waals surface area contributed by atoms with Crippen LogP contribution in [-0.4, -0.2) is 49.0 Å². The highest BCUT2D eigenvalue weighted by Gasteiger charge is 2.22. The van der Waals surface area contributed by atoms with Crippen LogP contribution < -0.4 is 10.1 Å². The van der Waals surface area contributed by atoms with Gasteiger partial charge in [0.1, 0.15) is 29.8 Å². The van der Waals surface area contributed by atoms with E-state index in [0.717, 1.165) is 0 Å². The third-order valence-electron chi connectivity index (χ3n) is 5.59. The molecule has 0 fully saturated rings. The summed E-state index contributed by atoms with van der Waals surface area (Å²) in [5, 5.41) is 17.0. The van der Waals surface area contributed by atoms with Crippen LogP contribution in [0.1, 0.15) is 31.9 Å². The number of ether oxygens (including phenoxy) is 1. The van der Waals surface area contributed by atoms with Crippen molar-refractivity contribution in [1.29, 1.82) is 0 Å². The van der Waals surface area contributed by atoms with Crippen LogP contribution in [0, 0.1) is 9.77 Å². The number of fused-ring (bicyclic) bond motifs is 1. The molecule has 1 atom stereocenters. The van der Waals surface area contributed by atoms with Crippen molar-refractivity contribution in [3.63, 3.8) is 0 Å². The Kier molecular flexibility index (Phi) is 9.49. The van der Waals surface area contributed by atoms with Crippen molar-refractivity contribution >= 4 is 81.1 Å². The molecule has 0 aliphatic heterocycles. The highest BCUT2D eigenvalue weighted by Crippen LogP contribution is 2.32. The van der Waals surface area contributed by atoms with Gasteiger partial charge in [-0.25, -0.2) is 19.0 Å². The Hall–Kier alpha value is -3.13. The Morgan fingerprint density at radius 1 is 1.31 bits per heavy atom. The quantitative estimate of drug-likeness (QED) is 0.137. The van der Waals surface area contributed by atoms with E-state index in [4.69, 9.17) is 33.7 Å². The summed E-state index contributed by atoms with van der Waals surface area (Å²) < 4.78 is 22.0. The second-order valence-electron chi connectivity index (χ2n) is 8.28. The zero-order valence-electron chi connectivity index (χ0n) is 20.8. The number of carboxylic acid groups (broad SMARTS) is 1. The van der Waals surface area contributed by atoms with Crippen molar-refractivity contribution in [1.82, 2.24) is 19.7 Å². The fraction of sp³-hybridized carbons (Fsp3) is 0.280. The fourth-order valence-electron chi connectivity index (χ4n) is 3.64. The minimum absolute atomic E-state index is 0.00240. The number of anilines is 2. The molecule has 9 nitrogen and oxygen atoms in total. The molecule has 2 aromatic carbocycles. The number of hydrogen-bond acceptors (Lipinski definition) is 10. The minimum Gasteiger partial charge on any atom is -0.494 e. The van der Waals surface area contributed by atoms with E-state index >= 15 is 0 Å². The number of thioether (sulfide) groups is 1. The Bertz CT molecular complexity index is 1600. The first kappa shape index (κ1) is 28.9. The van der Waals surface area contributed by atoms with Gasteiger partial charge in [0.15, 0.2) is 14.1 Å². The van der Waals surface area contributed by atoms with Crippen LogP contribution >= 0.6 is 46.9 Å². The van der Waals surface area contributed by atoms with Crippen LogP contribution in [0.4, 0.5) is 15.9 Å². The summed E-state index contributed by atoms with van der Waals surface area (Å²) in [6.45, 7) is 3.96. The lowest BCUT2D eigenvalue weighted by atomic mass is 10.0. The molecule has 0 saturated carbocycles. The van der Waals surface area contributed by atoms with Gasteiger partial charge in [0.05, 0.1) is 23.6 Å². The number of rotatable bonds is 12. The lowest BCUT2D eigenvalue weighted by molar-refractivity contribution is -0.136. The Balaban J connectivity index is 1.61. The van der Waals surface area contributed by atoms with Crippen LogP contribution in [-0.2, 0) is 16.0 Å². The van der Waals surface area contributed by atoms with Crippen molar-refractivity contribution in [2.75, 3.05) is 17.7 Å². The minimum atomic E-state index is -0.889. The van der Waals surface area contributed by atoms with Crippen LogP contribution in [0.2, 0.25) is 5.02 Å². The molecule has 1 unspecified atom stereocenters. The van der Waals surface area contributed by atoms with E-state index in [1.54, 1.807) is 25.1 Å². The molecule has 0 bridgehead atoms. The van der Waals surface area contributed by atoms with Crippen molar-refractivity contribution < 1.29 is 23.8 Å². The first-order valence-corrected chi connectivity index (χ1v) is 14.3. The number of aromatic nitrogens is 4. The molecule has 2 aromatic heterocycles. The molecule has 0 radical (unpaired) electrons. The summed E-state index contributed by atoms with van der Waals surface area (Å²) in [7, 11) is 0. The first-order chi connectivity index (χ1) is 18.7. The van der Waals surface area contributed by atoms with Crippen LogP contribution in [0.25, 0.3) is 10.9 Å². The number of aliphatic carboxylic acids is 1. The molecule has 0 saturated heterocycles. The van der Waals surface area contributed by atoms with E-state index in [2.05, 4.69) is 20.4 Å². The second kappa shape index (κ2) is 12.8. The number of carboxylic acids is 1. The molecule has 2 heterocycles. The van der Waals surface area contributed by atoms with Crippen molar-refractivity contribution in [2.45, 2.75) is 37.1 Å². The highest BCUT2D eigenvalue weighted by molar-refractivity contribution is 8.01. The van der Waals surface area contributed by atoms with E-state index in [0.29, 0.717) is 54.4 Å². The molecule has 204 valence electrons. The number of ketones is 1. The van der Waals surface area contributed by atoms with Gasteiger partial charge >= 0.3 is 5.97 Å². The maximum Gasteiger partial charge on any atom is 0.304 e.